The van der Waals surface area contributed by atoms with Crippen molar-refractivity contribution in [2.45, 2.75) is 31.1 Å². The average Bonchev–Trinajstić information content (AvgIpc) is 3.74. The Morgan fingerprint density at radius 2 is 1.01 bits per heavy atom. The van der Waals surface area contributed by atoms with Crippen LogP contribution in [0.2, 0.25) is 0 Å². The van der Waals surface area contributed by atoms with Crippen LogP contribution < -0.4 is 9.64 Å². The Labute approximate surface area is 415 Å². The van der Waals surface area contributed by atoms with Gasteiger partial charge >= 0.3 is 0 Å². The molecule has 2 nitrogen and oxygen atoms in total. The standard InChI is InChI=1S/C69H49NO/c1-4-16-46(17-5-1)48-28-36-55(37-29-48)70(66-45-54(47-18-6-2-7-19-47)32-40-57(66)50-20-8-3-9-21-50)56-38-30-49(31-39-56)53-33-41-61-60-26-14-15-27-62(60)69(65(61)44-53)63-42-34-51-22-10-12-24-58(51)67(63)71-68-59-25-13-11-23-52(59)35-43-64(68)69/h2-4,6-10,12-22,24-45H,1,5,11,23H2. The van der Waals surface area contributed by atoms with E-state index in [1.807, 2.05) is 0 Å². The van der Waals surface area contributed by atoms with Gasteiger partial charge in [0.15, 0.2) is 0 Å². The van der Waals surface area contributed by atoms with Gasteiger partial charge in [-0.2, -0.15) is 0 Å². The Morgan fingerprint density at radius 3 is 1.80 bits per heavy atom. The summed E-state index contributed by atoms with van der Waals surface area (Å²) in [6, 6.07) is 81.1. The van der Waals surface area contributed by atoms with E-state index in [-0.39, 0.29) is 0 Å². The number of rotatable bonds is 7. The van der Waals surface area contributed by atoms with Gasteiger partial charge in [0.2, 0.25) is 0 Å². The minimum atomic E-state index is -0.598. The molecule has 14 rings (SSSR count). The van der Waals surface area contributed by atoms with E-state index in [1.165, 1.54) is 88.8 Å². The van der Waals surface area contributed by atoms with Crippen molar-refractivity contribution in [3.63, 3.8) is 0 Å². The lowest BCUT2D eigenvalue weighted by molar-refractivity contribution is 0.439. The predicted octanol–water partition coefficient (Wildman–Crippen LogP) is 18.5. The summed E-state index contributed by atoms with van der Waals surface area (Å²) in [6.07, 6.45) is 15.7. The molecule has 10 aromatic rings. The Bertz CT molecular complexity index is 3820. The van der Waals surface area contributed by atoms with Crippen molar-refractivity contribution >= 4 is 39.5 Å². The van der Waals surface area contributed by atoms with Gasteiger partial charge in [0.05, 0.1) is 11.1 Å². The summed E-state index contributed by atoms with van der Waals surface area (Å²) in [5, 5.41) is 2.31. The molecule has 4 aliphatic rings. The van der Waals surface area contributed by atoms with Crippen LogP contribution in [0.5, 0.6) is 11.5 Å². The maximum Gasteiger partial charge on any atom is 0.140 e. The first-order chi connectivity index (χ1) is 35.2. The molecule has 1 unspecified atom stereocenters. The number of nitrogens with zero attached hydrogens (tertiary/aromatic N) is 1. The predicted molar refractivity (Wildman–Crippen MR) is 296 cm³/mol. The number of aryl methyl sites for hydroxylation is 1. The van der Waals surface area contributed by atoms with Gasteiger partial charge in [-0.15, -0.1) is 0 Å². The van der Waals surface area contributed by atoms with Crippen LogP contribution >= 0.6 is 0 Å². The van der Waals surface area contributed by atoms with Gasteiger partial charge in [0, 0.05) is 39.0 Å². The Balaban J connectivity index is 0.945. The van der Waals surface area contributed by atoms with Crippen LogP contribution in [0.15, 0.2) is 243 Å². The number of fused-ring (bicyclic) bond motifs is 13. The maximum atomic E-state index is 7.27. The summed E-state index contributed by atoms with van der Waals surface area (Å²) in [6.45, 7) is 0. The van der Waals surface area contributed by atoms with Crippen molar-refractivity contribution in [2.75, 3.05) is 4.90 Å². The zero-order chi connectivity index (χ0) is 46.9. The zero-order valence-electron chi connectivity index (χ0n) is 39.4. The molecule has 0 N–H and O–H groups in total. The molecule has 0 amide bonds. The summed E-state index contributed by atoms with van der Waals surface area (Å²) in [7, 11) is 0. The number of ether oxygens (including phenoxy) is 1. The lowest BCUT2D eigenvalue weighted by Gasteiger charge is -2.41. The van der Waals surface area contributed by atoms with Crippen LogP contribution in [0.4, 0.5) is 17.1 Å². The first-order valence-electron chi connectivity index (χ1n) is 25.1. The molecule has 1 atom stereocenters. The van der Waals surface area contributed by atoms with Gasteiger partial charge < -0.3 is 9.64 Å². The van der Waals surface area contributed by atoms with E-state index >= 15 is 0 Å². The van der Waals surface area contributed by atoms with Crippen LogP contribution in [0.1, 0.15) is 58.2 Å². The zero-order valence-corrected chi connectivity index (χ0v) is 39.4. The maximum absolute atomic E-state index is 7.27. The fourth-order valence-electron chi connectivity index (χ4n) is 12.1. The third-order valence-corrected chi connectivity index (χ3v) is 15.4. The molecule has 0 fully saturated rings. The van der Waals surface area contributed by atoms with Gasteiger partial charge in [0.1, 0.15) is 11.5 Å². The lowest BCUT2D eigenvalue weighted by atomic mass is 9.64. The minimum absolute atomic E-state index is 0.598. The highest BCUT2D eigenvalue weighted by Crippen LogP contribution is 2.64. The third kappa shape index (κ3) is 6.63. The van der Waals surface area contributed by atoms with Gasteiger partial charge in [-0.1, -0.05) is 212 Å². The van der Waals surface area contributed by atoms with E-state index < -0.39 is 5.41 Å². The summed E-state index contributed by atoms with van der Waals surface area (Å²) in [5.74, 6) is 1.93. The molecule has 3 aliphatic carbocycles. The Kier molecular flexibility index (Phi) is 9.74. The smallest absolute Gasteiger partial charge is 0.140 e. The fourth-order valence-corrected chi connectivity index (χ4v) is 12.1. The molecule has 1 spiro atoms. The molecule has 1 heterocycles. The minimum Gasteiger partial charge on any atom is -0.455 e. The highest BCUT2D eigenvalue weighted by molar-refractivity contribution is 5.98. The first kappa shape index (κ1) is 41.3. The molecule has 336 valence electrons. The monoisotopic (exact) mass is 907 g/mol. The van der Waals surface area contributed by atoms with Crippen molar-refractivity contribution in [2.24, 2.45) is 0 Å². The Morgan fingerprint density at radius 1 is 0.394 bits per heavy atom. The molecule has 10 aromatic carbocycles. The number of allylic oxidation sites excluding steroid dienone is 5. The van der Waals surface area contributed by atoms with Crippen molar-refractivity contribution in [1.82, 2.24) is 0 Å². The highest BCUT2D eigenvalue weighted by atomic mass is 16.5. The van der Waals surface area contributed by atoms with Gasteiger partial charge in [-0.25, -0.2) is 0 Å². The van der Waals surface area contributed by atoms with E-state index in [4.69, 9.17) is 4.74 Å². The Hall–Kier alpha value is -8.72. The molecular formula is C69H49NO. The van der Waals surface area contributed by atoms with Crippen molar-refractivity contribution < 1.29 is 4.74 Å². The lowest BCUT2D eigenvalue weighted by Crippen LogP contribution is -2.32. The summed E-state index contributed by atoms with van der Waals surface area (Å²) >= 11 is 0. The fraction of sp³-hybridized carbons (Fsp3) is 0.0725. The third-order valence-electron chi connectivity index (χ3n) is 15.4. The van der Waals surface area contributed by atoms with Crippen molar-refractivity contribution in [3.05, 3.63) is 282 Å². The van der Waals surface area contributed by atoms with Crippen LogP contribution in [0.25, 0.3) is 66.9 Å². The van der Waals surface area contributed by atoms with Crippen molar-refractivity contribution in [3.8, 4) is 56.0 Å². The molecule has 0 bridgehead atoms. The summed E-state index contributed by atoms with van der Waals surface area (Å²) < 4.78 is 7.27. The second-order valence-electron chi connectivity index (χ2n) is 19.3. The number of anilines is 3. The van der Waals surface area contributed by atoms with Crippen molar-refractivity contribution in [1.29, 1.82) is 0 Å². The summed E-state index contributed by atoms with van der Waals surface area (Å²) in [4.78, 5) is 2.44. The molecule has 0 radical (unpaired) electrons. The number of benzene rings is 10. The first-order valence-corrected chi connectivity index (χ1v) is 25.1. The van der Waals surface area contributed by atoms with Gasteiger partial charge in [-0.05, 0) is 134 Å². The molecule has 0 saturated heterocycles. The largest absolute Gasteiger partial charge is 0.455 e. The van der Waals surface area contributed by atoms with E-state index in [2.05, 4.69) is 254 Å². The molecule has 1 aliphatic heterocycles. The highest BCUT2D eigenvalue weighted by Gasteiger charge is 2.52. The molecular weight excluding hydrogens is 859 g/mol. The number of hydrogen-bond donors (Lipinski definition) is 0. The number of hydrogen-bond acceptors (Lipinski definition) is 2. The van der Waals surface area contributed by atoms with Gasteiger partial charge in [0.25, 0.3) is 0 Å². The molecule has 0 aromatic heterocycles. The van der Waals surface area contributed by atoms with Crippen LogP contribution in [0.3, 0.4) is 0 Å². The van der Waals surface area contributed by atoms with E-state index in [0.717, 1.165) is 65.2 Å². The van der Waals surface area contributed by atoms with E-state index in [9.17, 15) is 0 Å². The van der Waals surface area contributed by atoms with Crippen LogP contribution in [0, 0.1) is 0 Å². The topological polar surface area (TPSA) is 12.5 Å². The SMILES string of the molecule is C1=CC(c2ccc(N(c3ccc(-c4ccc5c(c4)C4(c6ccccc6-5)c5ccc6c(c5Oc5c4ccc4ccccc54)C=CCC6)cc3)c3cc(-c4ccccc4)ccc3-c3ccccc3)cc2)=CCC1. The van der Waals surface area contributed by atoms with E-state index in [0.29, 0.717) is 0 Å². The molecule has 0 saturated carbocycles. The summed E-state index contributed by atoms with van der Waals surface area (Å²) in [5.41, 5.74) is 22.3. The second kappa shape index (κ2) is 16.8. The van der Waals surface area contributed by atoms with Gasteiger partial charge in [-0.3, -0.25) is 0 Å². The van der Waals surface area contributed by atoms with E-state index in [1.54, 1.807) is 0 Å². The normalized spacial score (nSPS) is 15.8. The molecule has 2 heteroatoms. The van der Waals surface area contributed by atoms with Crippen LogP contribution in [-0.4, -0.2) is 0 Å². The van der Waals surface area contributed by atoms with Crippen LogP contribution in [-0.2, 0) is 11.8 Å². The average molecular weight is 908 g/mol. The quantitative estimate of drug-likeness (QED) is 0.158. The molecule has 71 heavy (non-hydrogen) atoms. The second-order valence-corrected chi connectivity index (χ2v) is 19.3.